The highest BCUT2D eigenvalue weighted by atomic mass is 32.2. The average molecular weight is 198 g/mol. The van der Waals surface area contributed by atoms with Crippen LogP contribution in [0.25, 0.3) is 0 Å². The maximum atomic E-state index is 10.6. The SMILES string of the molecule is O=Cc1ccc(S(=O)O)cc1C=O. The predicted octanol–water partition coefficient (Wildman–Crippen LogP) is 0.892. The number of rotatable bonds is 3. The van der Waals surface area contributed by atoms with Crippen molar-refractivity contribution in [1.29, 1.82) is 0 Å². The zero-order valence-electron chi connectivity index (χ0n) is 6.47. The summed E-state index contributed by atoms with van der Waals surface area (Å²) in [5, 5.41) is 0. The molecule has 0 spiro atoms. The van der Waals surface area contributed by atoms with Gasteiger partial charge in [0.15, 0.2) is 23.7 Å². The number of carbonyl (C=O) groups is 2. The van der Waals surface area contributed by atoms with Crippen molar-refractivity contribution in [3.8, 4) is 0 Å². The molecule has 0 radical (unpaired) electrons. The smallest absolute Gasteiger partial charge is 0.186 e. The summed E-state index contributed by atoms with van der Waals surface area (Å²) in [5.41, 5.74) is 0.333. The van der Waals surface area contributed by atoms with E-state index in [1.54, 1.807) is 0 Å². The Hall–Kier alpha value is -1.33. The normalized spacial score (nSPS) is 12.1. The second kappa shape index (κ2) is 4.06. The van der Waals surface area contributed by atoms with Gasteiger partial charge in [0.1, 0.15) is 0 Å². The molecule has 0 heterocycles. The first kappa shape index (κ1) is 9.76. The lowest BCUT2D eigenvalue weighted by molar-refractivity contribution is 0.109. The molecule has 4 nitrogen and oxygen atoms in total. The topological polar surface area (TPSA) is 71.4 Å². The molecule has 0 fully saturated rings. The number of aldehydes is 2. The minimum Gasteiger partial charge on any atom is -0.302 e. The lowest BCUT2D eigenvalue weighted by atomic mass is 10.1. The summed E-state index contributed by atoms with van der Waals surface area (Å²) in [6.45, 7) is 0. The fraction of sp³-hybridized carbons (Fsp3) is 0. The van der Waals surface area contributed by atoms with E-state index < -0.39 is 11.1 Å². The Kier molecular flexibility index (Phi) is 3.05. The van der Waals surface area contributed by atoms with Crippen LogP contribution < -0.4 is 0 Å². The first-order valence-electron chi connectivity index (χ1n) is 3.34. The van der Waals surface area contributed by atoms with Crippen LogP contribution in [0.3, 0.4) is 0 Å². The summed E-state index contributed by atoms with van der Waals surface area (Å²) in [5.74, 6) is 0. The molecule has 1 unspecified atom stereocenters. The summed E-state index contributed by atoms with van der Waals surface area (Å²) in [4.78, 5) is 20.9. The van der Waals surface area contributed by atoms with Crippen LogP contribution in [0, 0.1) is 0 Å². The van der Waals surface area contributed by atoms with Crippen LogP contribution in [0.4, 0.5) is 0 Å². The van der Waals surface area contributed by atoms with E-state index in [-0.39, 0.29) is 16.0 Å². The lowest BCUT2D eigenvalue weighted by Crippen LogP contribution is -1.95. The fourth-order valence-corrected chi connectivity index (χ4v) is 1.28. The molecule has 1 rings (SSSR count). The van der Waals surface area contributed by atoms with E-state index in [0.29, 0.717) is 12.6 Å². The predicted molar refractivity (Wildman–Crippen MR) is 46.3 cm³/mol. The molecule has 0 saturated carbocycles. The van der Waals surface area contributed by atoms with Crippen molar-refractivity contribution in [3.05, 3.63) is 29.3 Å². The molecule has 0 aromatic heterocycles. The van der Waals surface area contributed by atoms with Crippen molar-refractivity contribution in [2.24, 2.45) is 0 Å². The van der Waals surface area contributed by atoms with Crippen molar-refractivity contribution in [2.45, 2.75) is 4.90 Å². The Morgan fingerprint density at radius 3 is 2.23 bits per heavy atom. The van der Waals surface area contributed by atoms with Crippen LogP contribution in [-0.4, -0.2) is 21.3 Å². The lowest BCUT2D eigenvalue weighted by Gasteiger charge is -1.98. The Morgan fingerprint density at radius 1 is 1.15 bits per heavy atom. The highest BCUT2D eigenvalue weighted by Crippen LogP contribution is 2.10. The molecule has 0 aliphatic heterocycles. The van der Waals surface area contributed by atoms with Crippen molar-refractivity contribution < 1.29 is 18.4 Å². The largest absolute Gasteiger partial charge is 0.302 e. The van der Waals surface area contributed by atoms with Gasteiger partial charge in [0.2, 0.25) is 0 Å². The van der Waals surface area contributed by atoms with Crippen LogP contribution in [0.1, 0.15) is 20.7 Å². The zero-order chi connectivity index (χ0) is 9.84. The quantitative estimate of drug-likeness (QED) is 0.578. The minimum absolute atomic E-state index is 0.104. The Morgan fingerprint density at radius 2 is 1.77 bits per heavy atom. The number of benzene rings is 1. The van der Waals surface area contributed by atoms with E-state index in [9.17, 15) is 13.8 Å². The number of hydrogen-bond donors (Lipinski definition) is 1. The van der Waals surface area contributed by atoms with Gasteiger partial charge in [-0.15, -0.1) is 0 Å². The van der Waals surface area contributed by atoms with E-state index in [4.69, 9.17) is 4.55 Å². The molecule has 1 aromatic rings. The van der Waals surface area contributed by atoms with E-state index in [1.807, 2.05) is 0 Å². The third-order valence-electron chi connectivity index (χ3n) is 1.51. The van der Waals surface area contributed by atoms with Gasteiger partial charge < -0.3 is 4.55 Å². The van der Waals surface area contributed by atoms with E-state index >= 15 is 0 Å². The van der Waals surface area contributed by atoms with Crippen LogP contribution in [0.2, 0.25) is 0 Å². The molecule has 0 saturated heterocycles. The van der Waals surface area contributed by atoms with Gasteiger partial charge in [0.05, 0.1) is 4.90 Å². The highest BCUT2D eigenvalue weighted by molar-refractivity contribution is 7.79. The summed E-state index contributed by atoms with van der Waals surface area (Å²) in [7, 11) is 0. The first-order chi connectivity index (χ1) is 6.19. The standard InChI is InChI=1S/C8H6O4S/c9-4-6-1-2-8(13(11)12)3-7(6)5-10/h1-5H,(H,11,12). The van der Waals surface area contributed by atoms with Crippen LogP contribution >= 0.6 is 0 Å². The van der Waals surface area contributed by atoms with Gasteiger partial charge in [-0.1, -0.05) is 0 Å². The van der Waals surface area contributed by atoms with Gasteiger partial charge in [-0.3, -0.25) is 9.59 Å². The van der Waals surface area contributed by atoms with Gasteiger partial charge in [0, 0.05) is 11.1 Å². The first-order valence-corrected chi connectivity index (χ1v) is 4.45. The highest BCUT2D eigenvalue weighted by Gasteiger charge is 2.05. The zero-order valence-corrected chi connectivity index (χ0v) is 7.28. The summed E-state index contributed by atoms with van der Waals surface area (Å²) in [6, 6.07) is 3.87. The van der Waals surface area contributed by atoms with Gasteiger partial charge in [-0.25, -0.2) is 4.21 Å². The van der Waals surface area contributed by atoms with E-state index in [2.05, 4.69) is 0 Å². The van der Waals surface area contributed by atoms with Gasteiger partial charge in [-0.05, 0) is 18.2 Å². The molecule has 1 N–H and O–H groups in total. The van der Waals surface area contributed by atoms with Gasteiger partial charge in [0.25, 0.3) is 0 Å². The summed E-state index contributed by atoms with van der Waals surface area (Å²) >= 11 is -2.13. The van der Waals surface area contributed by atoms with Crippen molar-refractivity contribution >= 4 is 23.7 Å². The third-order valence-corrected chi connectivity index (χ3v) is 2.17. The van der Waals surface area contributed by atoms with E-state index in [1.165, 1.54) is 18.2 Å². The number of hydrogen-bond acceptors (Lipinski definition) is 3. The monoisotopic (exact) mass is 198 g/mol. The average Bonchev–Trinajstić information content (AvgIpc) is 2.16. The van der Waals surface area contributed by atoms with Crippen molar-refractivity contribution in [3.63, 3.8) is 0 Å². The van der Waals surface area contributed by atoms with E-state index in [0.717, 1.165) is 0 Å². The van der Waals surface area contributed by atoms with Crippen LogP contribution in [0.5, 0.6) is 0 Å². The van der Waals surface area contributed by atoms with Crippen LogP contribution in [0.15, 0.2) is 23.1 Å². The Balaban J connectivity index is 3.28. The van der Waals surface area contributed by atoms with Crippen LogP contribution in [-0.2, 0) is 11.1 Å². The molecule has 13 heavy (non-hydrogen) atoms. The van der Waals surface area contributed by atoms with Gasteiger partial charge >= 0.3 is 0 Å². The molecular formula is C8H6O4S. The molecule has 0 aliphatic rings. The minimum atomic E-state index is -2.13. The fourth-order valence-electron chi connectivity index (χ4n) is 0.871. The Labute approximate surface area is 76.9 Å². The molecule has 68 valence electrons. The second-order valence-corrected chi connectivity index (χ2v) is 3.25. The van der Waals surface area contributed by atoms with Crippen molar-refractivity contribution in [2.75, 3.05) is 0 Å². The molecule has 0 amide bonds. The summed E-state index contributed by atoms with van der Waals surface area (Å²) in [6.07, 6.45) is 0.994. The number of carbonyl (C=O) groups excluding carboxylic acids is 2. The maximum absolute atomic E-state index is 10.6. The molecule has 1 aromatic carbocycles. The molecule has 1 atom stereocenters. The molecule has 0 aliphatic carbocycles. The summed E-state index contributed by atoms with van der Waals surface area (Å²) < 4.78 is 19.3. The van der Waals surface area contributed by atoms with Crippen molar-refractivity contribution in [1.82, 2.24) is 0 Å². The maximum Gasteiger partial charge on any atom is 0.186 e. The molecule has 5 heteroatoms. The second-order valence-electron chi connectivity index (χ2n) is 2.28. The third kappa shape index (κ3) is 2.07. The molecular weight excluding hydrogens is 192 g/mol. The Bertz CT molecular complexity index is 372. The molecule has 0 bridgehead atoms. The van der Waals surface area contributed by atoms with Gasteiger partial charge in [-0.2, -0.15) is 0 Å².